The largest absolute Gasteiger partial charge is 0.409 e. The molecule has 110 valence electrons. The van der Waals surface area contributed by atoms with Crippen molar-refractivity contribution in [1.29, 1.82) is 0 Å². The van der Waals surface area contributed by atoms with Crippen LogP contribution in [0.15, 0.2) is 11.2 Å². The molecule has 0 atom stereocenters. The molecule has 0 unspecified atom stereocenters. The van der Waals surface area contributed by atoms with Crippen LogP contribution in [0.5, 0.6) is 0 Å². The van der Waals surface area contributed by atoms with E-state index in [0.29, 0.717) is 17.1 Å². The van der Waals surface area contributed by atoms with Crippen LogP contribution in [0.4, 0.5) is 5.95 Å². The molecule has 2 rings (SSSR count). The predicted molar refractivity (Wildman–Crippen MR) is 79.1 cm³/mol. The zero-order valence-electron chi connectivity index (χ0n) is 12.4. The number of nitrogens with zero attached hydrogens (tertiary/aromatic N) is 4. The fraction of sp³-hybridized carbons (Fsp3) is 0.643. The molecule has 6 heteroatoms. The Kier molecular flexibility index (Phi) is 4.11. The molecule has 3 N–H and O–H groups in total. The maximum absolute atomic E-state index is 8.78. The minimum Gasteiger partial charge on any atom is -0.409 e. The van der Waals surface area contributed by atoms with Crippen molar-refractivity contribution >= 4 is 11.8 Å². The van der Waals surface area contributed by atoms with E-state index < -0.39 is 0 Å². The summed E-state index contributed by atoms with van der Waals surface area (Å²) in [5, 5.41) is 11.8. The van der Waals surface area contributed by atoms with E-state index in [0.717, 1.165) is 25.2 Å². The van der Waals surface area contributed by atoms with Gasteiger partial charge in [0.1, 0.15) is 5.69 Å². The SMILES string of the molecule is CCC1(CC)CCN(c2nc(C)cc(/C(N)=N/O)n2)C1. The zero-order valence-corrected chi connectivity index (χ0v) is 12.4. The monoisotopic (exact) mass is 277 g/mol. The molecule has 1 saturated heterocycles. The number of nitrogens with two attached hydrogens (primary N) is 1. The van der Waals surface area contributed by atoms with Gasteiger partial charge in [-0.1, -0.05) is 19.0 Å². The summed E-state index contributed by atoms with van der Waals surface area (Å²) in [6.45, 7) is 8.31. The molecule has 0 aliphatic carbocycles. The van der Waals surface area contributed by atoms with Gasteiger partial charge in [-0.2, -0.15) is 0 Å². The number of hydrogen-bond donors (Lipinski definition) is 2. The van der Waals surface area contributed by atoms with E-state index in [9.17, 15) is 0 Å². The van der Waals surface area contributed by atoms with E-state index >= 15 is 0 Å². The minimum atomic E-state index is 0.0215. The normalized spacial score (nSPS) is 18.6. The van der Waals surface area contributed by atoms with Crippen molar-refractivity contribution in [3.63, 3.8) is 0 Å². The van der Waals surface area contributed by atoms with Crippen LogP contribution >= 0.6 is 0 Å². The van der Waals surface area contributed by atoms with Crippen molar-refractivity contribution in [2.24, 2.45) is 16.3 Å². The Morgan fingerprint density at radius 2 is 2.15 bits per heavy atom. The summed E-state index contributed by atoms with van der Waals surface area (Å²) in [4.78, 5) is 11.1. The second-order valence-corrected chi connectivity index (χ2v) is 5.56. The second-order valence-electron chi connectivity index (χ2n) is 5.56. The van der Waals surface area contributed by atoms with Gasteiger partial charge < -0.3 is 15.8 Å². The maximum atomic E-state index is 8.78. The van der Waals surface area contributed by atoms with Crippen LogP contribution in [0.2, 0.25) is 0 Å². The summed E-state index contributed by atoms with van der Waals surface area (Å²) in [6.07, 6.45) is 3.49. The summed E-state index contributed by atoms with van der Waals surface area (Å²) < 4.78 is 0. The molecule has 1 aromatic heterocycles. The van der Waals surface area contributed by atoms with Crippen LogP contribution in [0.1, 0.15) is 44.5 Å². The van der Waals surface area contributed by atoms with Crippen LogP contribution in [-0.4, -0.2) is 34.1 Å². The molecule has 0 aromatic carbocycles. The quantitative estimate of drug-likeness (QED) is 0.380. The average molecular weight is 277 g/mol. The number of rotatable bonds is 4. The summed E-state index contributed by atoms with van der Waals surface area (Å²) >= 11 is 0. The smallest absolute Gasteiger partial charge is 0.226 e. The lowest BCUT2D eigenvalue weighted by molar-refractivity contribution is 0.301. The lowest BCUT2D eigenvalue weighted by Crippen LogP contribution is -2.28. The maximum Gasteiger partial charge on any atom is 0.226 e. The Labute approximate surface area is 119 Å². The van der Waals surface area contributed by atoms with Gasteiger partial charge in [-0.05, 0) is 37.7 Å². The third-order valence-corrected chi connectivity index (χ3v) is 4.43. The van der Waals surface area contributed by atoms with Crippen LogP contribution in [0, 0.1) is 12.3 Å². The number of anilines is 1. The topological polar surface area (TPSA) is 87.6 Å². The molecule has 2 heterocycles. The lowest BCUT2D eigenvalue weighted by Gasteiger charge is -2.26. The third-order valence-electron chi connectivity index (χ3n) is 4.43. The highest BCUT2D eigenvalue weighted by Crippen LogP contribution is 2.38. The Morgan fingerprint density at radius 1 is 1.45 bits per heavy atom. The van der Waals surface area contributed by atoms with E-state index in [1.54, 1.807) is 6.07 Å². The summed E-state index contributed by atoms with van der Waals surface area (Å²) in [5.41, 5.74) is 7.29. The zero-order chi connectivity index (χ0) is 14.8. The molecule has 6 nitrogen and oxygen atoms in total. The molecule has 1 aliphatic heterocycles. The summed E-state index contributed by atoms with van der Waals surface area (Å²) in [5.74, 6) is 0.698. The molecule has 0 amide bonds. The first kappa shape index (κ1) is 14.6. The molecular weight excluding hydrogens is 254 g/mol. The standard InChI is InChI=1S/C14H23N5O/c1-4-14(5-2)6-7-19(9-14)13-16-10(3)8-11(17-13)12(15)18-20/h8,20H,4-7,9H2,1-3H3,(H2,15,18). The Balaban J connectivity index is 2.28. The number of aromatic nitrogens is 2. The van der Waals surface area contributed by atoms with Crippen molar-refractivity contribution in [3.8, 4) is 0 Å². The third kappa shape index (κ3) is 2.69. The van der Waals surface area contributed by atoms with Gasteiger partial charge >= 0.3 is 0 Å². The van der Waals surface area contributed by atoms with Gasteiger partial charge in [0.15, 0.2) is 5.84 Å². The average Bonchev–Trinajstić information content (AvgIpc) is 2.91. The van der Waals surface area contributed by atoms with E-state index in [1.165, 1.54) is 12.8 Å². The van der Waals surface area contributed by atoms with Crippen molar-refractivity contribution < 1.29 is 5.21 Å². The molecule has 20 heavy (non-hydrogen) atoms. The number of aryl methyl sites for hydroxylation is 1. The molecular formula is C14H23N5O. The highest BCUT2D eigenvalue weighted by molar-refractivity contribution is 5.95. The minimum absolute atomic E-state index is 0.0215. The van der Waals surface area contributed by atoms with Crippen LogP contribution in [0.25, 0.3) is 0 Å². The van der Waals surface area contributed by atoms with E-state index in [-0.39, 0.29) is 5.84 Å². The lowest BCUT2D eigenvalue weighted by atomic mass is 9.82. The summed E-state index contributed by atoms with van der Waals surface area (Å²) in [7, 11) is 0. The van der Waals surface area contributed by atoms with Gasteiger partial charge in [-0.3, -0.25) is 0 Å². The first-order valence-electron chi connectivity index (χ1n) is 7.12. The molecule has 1 fully saturated rings. The van der Waals surface area contributed by atoms with Gasteiger partial charge in [0.05, 0.1) is 0 Å². The molecule has 0 spiro atoms. The van der Waals surface area contributed by atoms with Crippen molar-refractivity contribution in [3.05, 3.63) is 17.5 Å². The molecule has 0 saturated carbocycles. The van der Waals surface area contributed by atoms with E-state index in [2.05, 4.69) is 33.9 Å². The molecule has 0 radical (unpaired) electrons. The van der Waals surface area contributed by atoms with Crippen molar-refractivity contribution in [2.45, 2.75) is 40.0 Å². The van der Waals surface area contributed by atoms with Gasteiger partial charge in [-0.25, -0.2) is 9.97 Å². The van der Waals surface area contributed by atoms with E-state index in [1.807, 2.05) is 6.92 Å². The fourth-order valence-electron chi connectivity index (χ4n) is 2.81. The Hall–Kier alpha value is -1.85. The van der Waals surface area contributed by atoms with Crippen molar-refractivity contribution in [2.75, 3.05) is 18.0 Å². The Morgan fingerprint density at radius 3 is 2.70 bits per heavy atom. The predicted octanol–water partition coefficient (Wildman–Crippen LogP) is 1.90. The number of hydrogen-bond acceptors (Lipinski definition) is 5. The highest BCUT2D eigenvalue weighted by Gasteiger charge is 2.36. The molecule has 0 bridgehead atoms. The number of oxime groups is 1. The Bertz CT molecular complexity index is 510. The summed E-state index contributed by atoms with van der Waals surface area (Å²) in [6, 6.07) is 1.72. The van der Waals surface area contributed by atoms with Gasteiger partial charge in [0.2, 0.25) is 5.95 Å². The first-order valence-corrected chi connectivity index (χ1v) is 7.12. The van der Waals surface area contributed by atoms with Crippen LogP contribution in [0.3, 0.4) is 0 Å². The van der Waals surface area contributed by atoms with Crippen LogP contribution < -0.4 is 10.6 Å². The van der Waals surface area contributed by atoms with Crippen LogP contribution in [-0.2, 0) is 0 Å². The molecule has 1 aliphatic rings. The second kappa shape index (κ2) is 5.64. The number of amidine groups is 1. The highest BCUT2D eigenvalue weighted by atomic mass is 16.4. The van der Waals surface area contributed by atoms with Crippen molar-refractivity contribution in [1.82, 2.24) is 9.97 Å². The molecule has 1 aromatic rings. The first-order chi connectivity index (χ1) is 9.53. The van der Waals surface area contributed by atoms with E-state index in [4.69, 9.17) is 10.9 Å². The van der Waals surface area contributed by atoms with Gasteiger partial charge in [0.25, 0.3) is 0 Å². The van der Waals surface area contributed by atoms with Gasteiger partial charge in [0, 0.05) is 18.8 Å². The van der Waals surface area contributed by atoms with Gasteiger partial charge in [-0.15, -0.1) is 0 Å². The fourth-order valence-corrected chi connectivity index (χ4v) is 2.81.